The summed E-state index contributed by atoms with van der Waals surface area (Å²) in [5.74, 6) is -1.81. The summed E-state index contributed by atoms with van der Waals surface area (Å²) in [6.07, 6.45) is 2.06. The molecule has 166 valence electrons. The minimum absolute atomic E-state index is 0.101. The average molecular weight is 435 g/mol. The molecule has 31 heavy (non-hydrogen) atoms. The minimum atomic E-state index is -3.01. The predicted molar refractivity (Wildman–Crippen MR) is 107 cm³/mol. The first-order chi connectivity index (χ1) is 14.9. The van der Waals surface area contributed by atoms with Gasteiger partial charge >= 0.3 is 12.5 Å². The first-order valence-electron chi connectivity index (χ1n) is 10.0. The lowest BCUT2D eigenvalue weighted by Crippen LogP contribution is -2.38. The maximum atomic E-state index is 13.5. The van der Waals surface area contributed by atoms with Crippen LogP contribution in [0.3, 0.4) is 0 Å². The standard InChI is InChI=1S/C20H23F2N5O4/c21-19(22)26-10-14-8-16(2-1-12(14)7-13(18(26)30)9-17(28)29)31-6-3-15-11-27-20(25-15)23-4-5-24-27/h1-2,8,11,13,19,24H,3-7,9-10H2,(H,23,25)(H,28,29). The SMILES string of the molecule is O=C(O)CC1Cc2ccc(OCCc3cn4c(n3)NCCN4)cc2CN(C(F)F)C1=O. The van der Waals surface area contributed by atoms with Crippen molar-refractivity contribution in [3.63, 3.8) is 0 Å². The fourth-order valence-corrected chi connectivity index (χ4v) is 3.84. The Bertz CT molecular complexity index is 957. The van der Waals surface area contributed by atoms with E-state index in [1.54, 1.807) is 18.2 Å². The number of nitrogens with zero attached hydrogens (tertiary/aromatic N) is 3. The zero-order chi connectivity index (χ0) is 22.0. The van der Waals surface area contributed by atoms with Crippen LogP contribution < -0.4 is 15.5 Å². The maximum absolute atomic E-state index is 13.5. The van der Waals surface area contributed by atoms with Gasteiger partial charge in [0.05, 0.1) is 37.4 Å². The Morgan fingerprint density at radius 3 is 2.90 bits per heavy atom. The van der Waals surface area contributed by atoms with Gasteiger partial charge in [0, 0.05) is 19.5 Å². The van der Waals surface area contributed by atoms with E-state index >= 15 is 0 Å². The van der Waals surface area contributed by atoms with Crippen LogP contribution in [0.15, 0.2) is 24.4 Å². The molecule has 1 atom stereocenters. The van der Waals surface area contributed by atoms with Gasteiger partial charge in [0.25, 0.3) is 0 Å². The molecule has 1 amide bonds. The summed E-state index contributed by atoms with van der Waals surface area (Å²) in [5, 5.41) is 12.2. The molecule has 3 heterocycles. The molecule has 0 spiro atoms. The van der Waals surface area contributed by atoms with E-state index in [2.05, 4.69) is 15.7 Å². The zero-order valence-electron chi connectivity index (χ0n) is 16.7. The van der Waals surface area contributed by atoms with Crippen molar-refractivity contribution in [2.24, 2.45) is 5.92 Å². The van der Waals surface area contributed by atoms with E-state index in [0.717, 1.165) is 24.7 Å². The largest absolute Gasteiger partial charge is 0.493 e. The monoisotopic (exact) mass is 435 g/mol. The highest BCUT2D eigenvalue weighted by Crippen LogP contribution is 2.29. The molecule has 11 heteroatoms. The lowest BCUT2D eigenvalue weighted by molar-refractivity contribution is -0.154. The summed E-state index contributed by atoms with van der Waals surface area (Å²) in [5.41, 5.74) is 5.24. The molecule has 0 saturated carbocycles. The molecule has 0 aliphatic carbocycles. The number of imidazole rings is 1. The minimum Gasteiger partial charge on any atom is -0.493 e. The first kappa shape index (κ1) is 20.9. The summed E-state index contributed by atoms with van der Waals surface area (Å²) in [6, 6.07) is 5.06. The number of hydrogen-bond acceptors (Lipinski definition) is 6. The van der Waals surface area contributed by atoms with Crippen LogP contribution in [0.25, 0.3) is 0 Å². The van der Waals surface area contributed by atoms with Crippen LogP contribution in [0.1, 0.15) is 23.2 Å². The number of carbonyl (C=O) groups excluding carboxylic acids is 1. The maximum Gasteiger partial charge on any atom is 0.317 e. The second kappa shape index (κ2) is 8.78. The number of rotatable bonds is 7. The summed E-state index contributed by atoms with van der Waals surface area (Å²) in [6.45, 7) is -1.35. The Kier molecular flexibility index (Phi) is 5.92. The molecule has 2 aliphatic heterocycles. The third-order valence-corrected chi connectivity index (χ3v) is 5.35. The highest BCUT2D eigenvalue weighted by molar-refractivity contribution is 5.84. The van der Waals surface area contributed by atoms with Gasteiger partial charge in [0.15, 0.2) is 0 Å². The summed E-state index contributed by atoms with van der Waals surface area (Å²) in [7, 11) is 0. The molecule has 1 aromatic carbocycles. The van der Waals surface area contributed by atoms with Gasteiger partial charge in [-0.1, -0.05) is 6.07 Å². The van der Waals surface area contributed by atoms with Crippen LogP contribution in [0.4, 0.5) is 14.7 Å². The van der Waals surface area contributed by atoms with E-state index < -0.39 is 30.8 Å². The van der Waals surface area contributed by atoms with Crippen LogP contribution in [-0.2, 0) is 29.0 Å². The fourth-order valence-electron chi connectivity index (χ4n) is 3.84. The smallest absolute Gasteiger partial charge is 0.317 e. The number of anilines is 1. The van der Waals surface area contributed by atoms with Gasteiger partial charge in [-0.3, -0.25) is 14.5 Å². The normalized spacial score (nSPS) is 18.0. The molecule has 0 saturated heterocycles. The lowest BCUT2D eigenvalue weighted by atomic mass is 9.94. The Hall–Kier alpha value is -3.37. The van der Waals surface area contributed by atoms with Crippen molar-refractivity contribution in [2.45, 2.75) is 32.4 Å². The molecule has 3 N–H and O–H groups in total. The van der Waals surface area contributed by atoms with Crippen molar-refractivity contribution < 1.29 is 28.2 Å². The number of benzene rings is 1. The molecule has 0 fully saturated rings. The van der Waals surface area contributed by atoms with Crippen LogP contribution in [0.5, 0.6) is 5.75 Å². The highest BCUT2D eigenvalue weighted by Gasteiger charge is 2.35. The van der Waals surface area contributed by atoms with Crippen LogP contribution in [0, 0.1) is 5.92 Å². The zero-order valence-corrected chi connectivity index (χ0v) is 16.7. The molecule has 2 aliphatic rings. The number of aromatic nitrogens is 2. The molecule has 1 unspecified atom stereocenters. The Morgan fingerprint density at radius 2 is 2.16 bits per heavy atom. The molecular formula is C20H23F2N5O4. The molecule has 1 aromatic heterocycles. The van der Waals surface area contributed by atoms with Crippen molar-refractivity contribution in [1.29, 1.82) is 0 Å². The molecule has 0 radical (unpaired) electrons. The van der Waals surface area contributed by atoms with Gasteiger partial charge in [-0.05, 0) is 29.7 Å². The average Bonchev–Trinajstić information content (AvgIpc) is 3.08. The number of carboxylic acids is 1. The third kappa shape index (κ3) is 4.70. The summed E-state index contributed by atoms with van der Waals surface area (Å²) in [4.78, 5) is 28.4. The van der Waals surface area contributed by atoms with Gasteiger partial charge in [0.1, 0.15) is 5.75 Å². The molecule has 2 aromatic rings. The van der Waals surface area contributed by atoms with Crippen molar-refractivity contribution in [3.8, 4) is 5.75 Å². The summed E-state index contributed by atoms with van der Waals surface area (Å²) >= 11 is 0. The topological polar surface area (TPSA) is 109 Å². The number of aliphatic carboxylic acids is 1. The fraction of sp³-hybridized carbons (Fsp3) is 0.450. The van der Waals surface area contributed by atoms with E-state index in [-0.39, 0.29) is 13.0 Å². The van der Waals surface area contributed by atoms with Gasteiger partial charge in [-0.25, -0.2) is 9.66 Å². The van der Waals surface area contributed by atoms with Gasteiger partial charge in [0.2, 0.25) is 11.9 Å². The number of alkyl halides is 2. The molecule has 4 rings (SSSR count). The van der Waals surface area contributed by atoms with Gasteiger partial charge in [-0.15, -0.1) is 0 Å². The predicted octanol–water partition coefficient (Wildman–Crippen LogP) is 1.67. The Balaban J connectivity index is 1.44. The Labute approximate surface area is 177 Å². The number of ether oxygens (including phenoxy) is 1. The van der Waals surface area contributed by atoms with E-state index in [4.69, 9.17) is 9.84 Å². The summed E-state index contributed by atoms with van der Waals surface area (Å²) < 4.78 is 34.5. The van der Waals surface area contributed by atoms with Crippen molar-refractivity contribution >= 4 is 17.8 Å². The van der Waals surface area contributed by atoms with Crippen molar-refractivity contribution in [1.82, 2.24) is 14.6 Å². The van der Waals surface area contributed by atoms with Crippen LogP contribution in [0.2, 0.25) is 0 Å². The van der Waals surface area contributed by atoms with Crippen LogP contribution in [-0.4, -0.2) is 57.8 Å². The second-order valence-corrected chi connectivity index (χ2v) is 7.53. The van der Waals surface area contributed by atoms with E-state index in [9.17, 15) is 18.4 Å². The number of nitrogens with one attached hydrogen (secondary N) is 2. The number of carboxylic acid groups (broad SMARTS) is 1. The highest BCUT2D eigenvalue weighted by atomic mass is 19.3. The third-order valence-electron chi connectivity index (χ3n) is 5.35. The second-order valence-electron chi connectivity index (χ2n) is 7.53. The Morgan fingerprint density at radius 1 is 1.32 bits per heavy atom. The van der Waals surface area contributed by atoms with E-state index in [0.29, 0.717) is 34.8 Å². The van der Waals surface area contributed by atoms with Gasteiger partial charge in [-0.2, -0.15) is 8.78 Å². The first-order valence-corrected chi connectivity index (χ1v) is 10.0. The molecular weight excluding hydrogens is 412 g/mol. The number of carbonyl (C=O) groups is 2. The van der Waals surface area contributed by atoms with Gasteiger partial charge < -0.3 is 20.6 Å². The number of halogens is 2. The number of fused-ring (bicyclic) bond motifs is 2. The molecule has 0 bridgehead atoms. The number of hydrogen-bond donors (Lipinski definition) is 3. The van der Waals surface area contributed by atoms with Crippen LogP contribution >= 0.6 is 0 Å². The quantitative estimate of drug-likeness (QED) is 0.568. The molecule has 9 nitrogen and oxygen atoms in total. The van der Waals surface area contributed by atoms with E-state index in [1.807, 2.05) is 10.9 Å². The van der Waals surface area contributed by atoms with E-state index in [1.165, 1.54) is 0 Å². The van der Waals surface area contributed by atoms with Crippen molar-refractivity contribution in [3.05, 3.63) is 41.2 Å². The number of amides is 1. The van der Waals surface area contributed by atoms with Crippen molar-refractivity contribution in [2.75, 3.05) is 30.4 Å². The lowest BCUT2D eigenvalue weighted by Gasteiger charge is -2.22.